The van der Waals surface area contributed by atoms with Crippen molar-refractivity contribution >= 4 is 169 Å². The van der Waals surface area contributed by atoms with Crippen LogP contribution in [-0.2, 0) is 9.31 Å². The third-order valence-corrected chi connectivity index (χ3v) is 24.0. The number of hydrogen-bond acceptors (Lipinski definition) is 4. The molecule has 0 saturated carbocycles. The van der Waals surface area contributed by atoms with Gasteiger partial charge in [-0.2, -0.15) is 0 Å². The van der Waals surface area contributed by atoms with Crippen molar-refractivity contribution in [2.75, 3.05) is 0 Å². The quantitative estimate of drug-likeness (QED) is 0.112. The van der Waals surface area contributed by atoms with Crippen molar-refractivity contribution in [3.8, 4) is 77.9 Å². The molecule has 1 heterocycles. The maximum Gasteiger partial charge on any atom is 0.494 e. The van der Waals surface area contributed by atoms with Crippen LogP contribution in [0.15, 0.2) is 441 Å². The molecule has 19 aromatic rings. The van der Waals surface area contributed by atoms with Gasteiger partial charge in [-0.05, 0) is 260 Å². The molecule has 0 aliphatic carbocycles. The molecule has 0 unspecified atom stereocenters. The minimum Gasteiger partial charge on any atom is -0.423 e. The van der Waals surface area contributed by atoms with Gasteiger partial charge in [0, 0.05) is 22.4 Å². The molecule has 4 nitrogen and oxygen atoms in total. The Bertz CT molecular complexity index is 6270. The summed E-state index contributed by atoms with van der Waals surface area (Å²) in [7, 11) is -1.68. The highest BCUT2D eigenvalue weighted by atomic mass is 79.9. The standard InChI is InChI=1S/C36H24.C24H23BO2.2C18H13Br.C6H7BO2.C6H3Br3/c1-3-11-25(12-4-1)28-21-29(26-13-5-2-6-14-26)23-30(22-28)27-19-20-35-33-17-8-7-15-31(33)32-16-9-10-18-34(32)36(35)24-27;1-23(2)24(3,4)27-25(26-23)16-13-14-21-19-11-6-5-9-17(19)18-10-7-8-12-20(18)22(21)15-16;2*19-18-12-16(14-7-3-1-4-8-14)11-17(13-18)15-9-5-2-6-10-15;8-7(9)6-4-2-1-3-5-6;7-4-1-5(8)3-6(9)2-4/h1-24H;5-15H,1-4H3;2*1-13H;1-5,8-9H;1-3H. The fourth-order valence-electron chi connectivity index (χ4n) is 15.0. The van der Waals surface area contributed by atoms with Gasteiger partial charge in [-0.25, -0.2) is 0 Å². The molecule has 1 aliphatic rings. The predicted molar refractivity (Wildman–Crippen MR) is 526 cm³/mol. The summed E-state index contributed by atoms with van der Waals surface area (Å²) in [6.07, 6.45) is 0. The van der Waals surface area contributed by atoms with Gasteiger partial charge in [-0.3, -0.25) is 0 Å². The first kappa shape index (κ1) is 83.2. The van der Waals surface area contributed by atoms with Crippen molar-refractivity contribution < 1.29 is 19.4 Å². The molecule has 0 radical (unpaired) electrons. The Balaban J connectivity index is 0.000000119. The summed E-state index contributed by atoms with van der Waals surface area (Å²) < 4.78 is 18.0. The van der Waals surface area contributed by atoms with E-state index in [1.165, 1.54) is 143 Å². The van der Waals surface area contributed by atoms with Crippen LogP contribution >= 0.6 is 79.6 Å². The Morgan fingerprint density at radius 1 is 0.202 bits per heavy atom. The summed E-state index contributed by atoms with van der Waals surface area (Å²) in [4.78, 5) is 0. The molecule has 0 atom stereocenters. The largest absolute Gasteiger partial charge is 0.494 e. The molecule has 0 aromatic heterocycles. The summed E-state index contributed by atoms with van der Waals surface area (Å²) in [5.41, 5.74) is 18.2. The van der Waals surface area contributed by atoms with Crippen LogP contribution in [0.4, 0.5) is 0 Å². The minimum absolute atomic E-state index is 0.335. The van der Waals surface area contributed by atoms with Crippen LogP contribution in [0.25, 0.3) is 143 Å². The first-order valence-electron chi connectivity index (χ1n) is 39.5. The first-order chi connectivity index (χ1) is 57.9. The SMILES string of the molecule is Brc1cc(-c2ccccc2)cc(-c2ccccc2)c1.Brc1cc(-c2ccccc2)cc(-c2ccccc2)c1.Brc1cc(Br)cc(Br)c1.CC1(C)OB(c2ccc3c4ccccc4c4ccccc4c3c2)OC1(C)C.OB(O)c1ccccc1.c1ccc(-c2cc(-c3ccccc3)cc(-c3ccc4c5ccccc5c5ccccc5c4c3)c2)cc1. The van der Waals surface area contributed by atoms with Gasteiger partial charge >= 0.3 is 14.2 Å². The second-order valence-corrected chi connectivity index (χ2v) is 34.7. The van der Waals surface area contributed by atoms with Crippen LogP contribution in [0.2, 0.25) is 0 Å². The van der Waals surface area contributed by atoms with Crippen LogP contribution < -0.4 is 10.9 Å². The molecule has 580 valence electrons. The lowest BCUT2D eigenvalue weighted by molar-refractivity contribution is 0.00578. The molecule has 1 aliphatic heterocycles. The summed E-state index contributed by atoms with van der Waals surface area (Å²) in [6, 6.07) is 146. The van der Waals surface area contributed by atoms with Crippen molar-refractivity contribution in [3.63, 3.8) is 0 Å². The van der Waals surface area contributed by atoms with E-state index in [9.17, 15) is 0 Å². The second-order valence-electron chi connectivity index (χ2n) is 30.2. The van der Waals surface area contributed by atoms with Crippen molar-refractivity contribution in [2.45, 2.75) is 38.9 Å². The molecule has 0 bridgehead atoms. The predicted octanol–water partition coefficient (Wildman–Crippen LogP) is 30.5. The van der Waals surface area contributed by atoms with Crippen molar-refractivity contribution in [2.24, 2.45) is 0 Å². The van der Waals surface area contributed by atoms with E-state index in [0.717, 1.165) is 27.8 Å². The number of hydrogen-bond donors (Lipinski definition) is 2. The summed E-state index contributed by atoms with van der Waals surface area (Å²) in [5, 5.41) is 32.6. The fraction of sp³-hybridized carbons (Fsp3) is 0.0556. The zero-order valence-electron chi connectivity index (χ0n) is 66.1. The van der Waals surface area contributed by atoms with E-state index in [2.05, 4.69) is 453 Å². The van der Waals surface area contributed by atoms with Gasteiger partial charge in [0.15, 0.2) is 0 Å². The zero-order chi connectivity index (χ0) is 82.4. The Kier molecular flexibility index (Phi) is 26.9. The highest BCUT2D eigenvalue weighted by molar-refractivity contribution is 9.11. The monoisotopic (exact) mass is 1860 g/mol. The van der Waals surface area contributed by atoms with Gasteiger partial charge in [-0.15, -0.1) is 0 Å². The Labute approximate surface area is 739 Å². The van der Waals surface area contributed by atoms with Crippen LogP contribution in [0.1, 0.15) is 27.7 Å². The zero-order valence-corrected chi connectivity index (χ0v) is 74.0. The van der Waals surface area contributed by atoms with Gasteiger partial charge in [0.25, 0.3) is 0 Å². The lowest BCUT2D eigenvalue weighted by Gasteiger charge is -2.32. The minimum atomic E-state index is -1.34. The number of halogens is 5. The maximum absolute atomic E-state index is 8.58. The van der Waals surface area contributed by atoms with Gasteiger partial charge in [0.1, 0.15) is 0 Å². The summed E-state index contributed by atoms with van der Waals surface area (Å²) in [6.45, 7) is 8.38. The molecule has 11 heteroatoms. The van der Waals surface area contributed by atoms with Crippen LogP contribution in [-0.4, -0.2) is 35.5 Å². The topological polar surface area (TPSA) is 58.9 Å². The molecule has 2 N–H and O–H groups in total. The average molecular weight is 1870 g/mol. The van der Waals surface area contributed by atoms with Crippen molar-refractivity contribution in [3.05, 3.63) is 441 Å². The number of rotatable bonds is 9. The molecule has 20 rings (SSSR count). The second kappa shape index (κ2) is 38.4. The summed E-state index contributed by atoms with van der Waals surface area (Å²) >= 11 is 17.3. The van der Waals surface area contributed by atoms with E-state index in [1.807, 2.05) is 48.5 Å². The van der Waals surface area contributed by atoms with Gasteiger partial charge < -0.3 is 19.4 Å². The fourth-order valence-corrected chi connectivity index (χ4v) is 18.4. The Morgan fingerprint density at radius 2 is 0.412 bits per heavy atom. The lowest BCUT2D eigenvalue weighted by Crippen LogP contribution is -2.41. The highest BCUT2D eigenvalue weighted by Crippen LogP contribution is 2.42. The van der Waals surface area contributed by atoms with E-state index in [1.54, 1.807) is 24.3 Å². The third-order valence-electron chi connectivity index (χ3n) is 21.7. The number of benzene rings is 19. The Morgan fingerprint density at radius 3 is 0.681 bits per heavy atom. The molecule has 0 amide bonds. The molecule has 1 fully saturated rings. The first-order valence-corrected chi connectivity index (χ1v) is 43.5. The number of fused-ring (bicyclic) bond motifs is 12. The van der Waals surface area contributed by atoms with E-state index < -0.39 is 7.12 Å². The molecule has 1 saturated heterocycles. The summed E-state index contributed by atoms with van der Waals surface area (Å²) in [5.74, 6) is 0. The average Bonchev–Trinajstić information content (AvgIpc) is 1.56. The van der Waals surface area contributed by atoms with E-state index in [4.69, 9.17) is 19.4 Å². The molecule has 119 heavy (non-hydrogen) atoms. The van der Waals surface area contributed by atoms with Gasteiger partial charge in [0.2, 0.25) is 0 Å². The molecular formula is C108H83B2Br5O4. The molecule has 0 spiro atoms. The van der Waals surface area contributed by atoms with Crippen molar-refractivity contribution in [1.29, 1.82) is 0 Å². The van der Waals surface area contributed by atoms with E-state index >= 15 is 0 Å². The lowest BCUT2D eigenvalue weighted by atomic mass is 9.77. The normalized spacial score (nSPS) is 12.4. The van der Waals surface area contributed by atoms with Crippen molar-refractivity contribution in [1.82, 2.24) is 0 Å². The van der Waals surface area contributed by atoms with Crippen LogP contribution in [0.3, 0.4) is 0 Å². The van der Waals surface area contributed by atoms with Crippen LogP contribution in [0, 0.1) is 0 Å². The van der Waals surface area contributed by atoms with E-state index in [0.29, 0.717) is 5.46 Å². The Hall–Kier alpha value is -10.9. The van der Waals surface area contributed by atoms with Crippen LogP contribution in [0.5, 0.6) is 0 Å². The van der Waals surface area contributed by atoms with Gasteiger partial charge in [-0.1, -0.05) is 419 Å². The third kappa shape index (κ3) is 20.2. The highest BCUT2D eigenvalue weighted by Gasteiger charge is 2.51. The molecular weight excluding hydrogens is 1780 g/mol. The molecule has 19 aromatic carbocycles. The van der Waals surface area contributed by atoms with Gasteiger partial charge in [0.05, 0.1) is 11.2 Å². The smallest absolute Gasteiger partial charge is 0.423 e. The maximum atomic E-state index is 8.58. The van der Waals surface area contributed by atoms with E-state index in [-0.39, 0.29) is 18.3 Å².